The van der Waals surface area contributed by atoms with Gasteiger partial charge in [-0.05, 0) is 18.1 Å². The predicted octanol–water partition coefficient (Wildman–Crippen LogP) is 0.831. The summed E-state index contributed by atoms with van der Waals surface area (Å²) in [4.78, 5) is 20.6. The van der Waals surface area contributed by atoms with Crippen LogP contribution in [0.5, 0.6) is 5.75 Å². The van der Waals surface area contributed by atoms with Crippen LogP contribution in [0.4, 0.5) is 8.78 Å². The zero-order valence-electron chi connectivity index (χ0n) is 9.13. The van der Waals surface area contributed by atoms with Gasteiger partial charge < -0.3 is 10.1 Å². The molecule has 1 rings (SSSR count). The van der Waals surface area contributed by atoms with Crippen LogP contribution >= 0.6 is 0 Å². The Morgan fingerprint density at radius 2 is 2.12 bits per heavy atom. The molecule has 0 radical (unpaired) electrons. The fourth-order valence-electron chi connectivity index (χ4n) is 1.28. The van der Waals surface area contributed by atoms with Gasteiger partial charge in [-0.15, -0.1) is 0 Å². The fourth-order valence-corrected chi connectivity index (χ4v) is 1.28. The second kappa shape index (κ2) is 5.93. The van der Waals surface area contributed by atoms with Crippen LogP contribution in [-0.4, -0.2) is 25.8 Å². The Kier molecular flexibility index (Phi) is 4.56. The SMILES string of the molecule is COc1cc(F)c(CCNC(=O)C=O)cc1F. The van der Waals surface area contributed by atoms with Crippen LogP contribution in [0.2, 0.25) is 0 Å². The fraction of sp³-hybridized carbons (Fsp3) is 0.273. The van der Waals surface area contributed by atoms with E-state index in [0.717, 1.165) is 12.1 Å². The molecule has 0 spiro atoms. The first-order chi connectivity index (χ1) is 8.08. The van der Waals surface area contributed by atoms with Gasteiger partial charge in [-0.2, -0.15) is 0 Å². The molecule has 92 valence electrons. The number of methoxy groups -OCH3 is 1. The van der Waals surface area contributed by atoms with Gasteiger partial charge in [0.25, 0.3) is 5.91 Å². The van der Waals surface area contributed by atoms with E-state index in [1.807, 2.05) is 0 Å². The van der Waals surface area contributed by atoms with Gasteiger partial charge >= 0.3 is 0 Å². The molecule has 1 N–H and O–H groups in total. The Morgan fingerprint density at radius 3 is 2.71 bits per heavy atom. The quantitative estimate of drug-likeness (QED) is 0.615. The van der Waals surface area contributed by atoms with Gasteiger partial charge in [-0.1, -0.05) is 0 Å². The molecule has 0 bridgehead atoms. The summed E-state index contributed by atoms with van der Waals surface area (Å²) in [5.74, 6) is -2.27. The highest BCUT2D eigenvalue weighted by atomic mass is 19.1. The zero-order chi connectivity index (χ0) is 12.8. The summed E-state index contributed by atoms with van der Waals surface area (Å²) >= 11 is 0. The number of halogens is 2. The van der Waals surface area contributed by atoms with E-state index in [9.17, 15) is 18.4 Å². The van der Waals surface area contributed by atoms with E-state index in [0.29, 0.717) is 0 Å². The third-order valence-corrected chi connectivity index (χ3v) is 2.12. The van der Waals surface area contributed by atoms with E-state index in [2.05, 4.69) is 10.1 Å². The number of carbonyl (C=O) groups is 2. The summed E-state index contributed by atoms with van der Waals surface area (Å²) in [7, 11) is 1.24. The standard InChI is InChI=1S/C11H11F2NO3/c1-17-10-5-8(12)7(4-9(10)13)2-3-14-11(16)6-15/h4-6H,2-3H2,1H3,(H,14,16). The number of aldehydes is 1. The predicted molar refractivity (Wildman–Crippen MR) is 55.7 cm³/mol. The van der Waals surface area contributed by atoms with Crippen LogP contribution in [0, 0.1) is 11.6 Å². The van der Waals surface area contributed by atoms with Crippen molar-refractivity contribution in [2.24, 2.45) is 0 Å². The van der Waals surface area contributed by atoms with Crippen LogP contribution < -0.4 is 10.1 Å². The first-order valence-corrected chi connectivity index (χ1v) is 4.83. The molecule has 0 saturated heterocycles. The number of benzene rings is 1. The van der Waals surface area contributed by atoms with Gasteiger partial charge in [-0.3, -0.25) is 9.59 Å². The van der Waals surface area contributed by atoms with Crippen LogP contribution in [0.3, 0.4) is 0 Å². The molecule has 1 amide bonds. The van der Waals surface area contributed by atoms with Crippen molar-refractivity contribution in [2.45, 2.75) is 6.42 Å². The number of ether oxygens (including phenoxy) is 1. The van der Waals surface area contributed by atoms with E-state index in [4.69, 9.17) is 0 Å². The minimum atomic E-state index is -0.792. The Hall–Kier alpha value is -1.98. The maximum Gasteiger partial charge on any atom is 0.284 e. The van der Waals surface area contributed by atoms with Gasteiger partial charge in [-0.25, -0.2) is 8.78 Å². The van der Waals surface area contributed by atoms with Crippen LogP contribution in [0.1, 0.15) is 5.56 Å². The average molecular weight is 243 g/mol. The topological polar surface area (TPSA) is 55.4 Å². The third-order valence-electron chi connectivity index (χ3n) is 2.12. The van der Waals surface area contributed by atoms with Crippen LogP contribution in [0.15, 0.2) is 12.1 Å². The number of nitrogens with one attached hydrogen (secondary N) is 1. The lowest BCUT2D eigenvalue weighted by molar-refractivity contribution is -0.131. The lowest BCUT2D eigenvalue weighted by Crippen LogP contribution is -2.26. The highest BCUT2D eigenvalue weighted by molar-refractivity contribution is 6.23. The largest absolute Gasteiger partial charge is 0.494 e. The molecule has 1 aromatic rings. The highest BCUT2D eigenvalue weighted by Gasteiger charge is 2.10. The zero-order valence-corrected chi connectivity index (χ0v) is 9.13. The van der Waals surface area contributed by atoms with Crippen molar-refractivity contribution >= 4 is 12.2 Å². The second-order valence-corrected chi connectivity index (χ2v) is 3.24. The van der Waals surface area contributed by atoms with Crippen LogP contribution in [0.25, 0.3) is 0 Å². The normalized spacial score (nSPS) is 9.82. The van der Waals surface area contributed by atoms with Crippen molar-refractivity contribution < 1.29 is 23.1 Å². The molecule has 1 aromatic carbocycles. The monoisotopic (exact) mass is 243 g/mol. The summed E-state index contributed by atoms with van der Waals surface area (Å²) in [5.41, 5.74) is 0.106. The third kappa shape index (κ3) is 3.51. The Balaban J connectivity index is 2.68. The molecule has 4 nitrogen and oxygen atoms in total. The Morgan fingerprint density at radius 1 is 1.41 bits per heavy atom. The first kappa shape index (κ1) is 13.1. The van der Waals surface area contributed by atoms with Gasteiger partial charge in [0, 0.05) is 12.6 Å². The maximum absolute atomic E-state index is 13.4. The molecule has 0 fully saturated rings. The number of rotatable bonds is 5. The van der Waals surface area contributed by atoms with Crippen molar-refractivity contribution in [3.63, 3.8) is 0 Å². The molecule has 0 aliphatic rings. The lowest BCUT2D eigenvalue weighted by atomic mass is 10.1. The van der Waals surface area contributed by atoms with Crippen molar-refractivity contribution in [1.82, 2.24) is 5.32 Å². The molecule has 0 unspecified atom stereocenters. The van der Waals surface area contributed by atoms with Gasteiger partial charge in [0.15, 0.2) is 11.6 Å². The molecule has 17 heavy (non-hydrogen) atoms. The summed E-state index contributed by atoms with van der Waals surface area (Å²) < 4.78 is 31.3. The van der Waals surface area contributed by atoms with E-state index in [1.165, 1.54) is 7.11 Å². The van der Waals surface area contributed by atoms with E-state index < -0.39 is 17.5 Å². The van der Waals surface area contributed by atoms with E-state index in [1.54, 1.807) is 0 Å². The number of carbonyl (C=O) groups excluding carboxylic acids is 2. The smallest absolute Gasteiger partial charge is 0.284 e. The summed E-state index contributed by atoms with van der Waals surface area (Å²) in [6, 6.07) is 1.94. The van der Waals surface area contributed by atoms with Gasteiger partial charge in [0.1, 0.15) is 5.82 Å². The Bertz CT molecular complexity index is 435. The molecular weight excluding hydrogens is 232 g/mol. The molecule has 6 heteroatoms. The second-order valence-electron chi connectivity index (χ2n) is 3.24. The lowest BCUT2D eigenvalue weighted by Gasteiger charge is -2.07. The molecule has 0 atom stereocenters. The van der Waals surface area contributed by atoms with Crippen molar-refractivity contribution in [2.75, 3.05) is 13.7 Å². The minimum Gasteiger partial charge on any atom is -0.494 e. The highest BCUT2D eigenvalue weighted by Crippen LogP contribution is 2.21. The average Bonchev–Trinajstić information content (AvgIpc) is 2.32. The number of amides is 1. The first-order valence-electron chi connectivity index (χ1n) is 4.83. The molecular formula is C11H11F2NO3. The van der Waals surface area contributed by atoms with Crippen molar-refractivity contribution in [3.8, 4) is 5.75 Å². The Labute approximate surface area is 96.6 Å². The maximum atomic E-state index is 13.4. The van der Waals surface area contributed by atoms with E-state index in [-0.39, 0.29) is 30.6 Å². The van der Waals surface area contributed by atoms with Gasteiger partial charge in [0.05, 0.1) is 7.11 Å². The van der Waals surface area contributed by atoms with Crippen molar-refractivity contribution in [3.05, 3.63) is 29.3 Å². The molecule has 0 aromatic heterocycles. The van der Waals surface area contributed by atoms with Gasteiger partial charge in [0.2, 0.25) is 6.29 Å². The summed E-state index contributed by atoms with van der Waals surface area (Å²) in [5, 5.41) is 2.23. The van der Waals surface area contributed by atoms with Crippen molar-refractivity contribution in [1.29, 1.82) is 0 Å². The molecule has 0 heterocycles. The summed E-state index contributed by atoms with van der Waals surface area (Å²) in [6.45, 7) is 0.0558. The minimum absolute atomic E-state index is 0.0558. The molecule has 0 saturated carbocycles. The molecule has 0 aliphatic carbocycles. The summed E-state index contributed by atoms with van der Waals surface area (Å²) in [6.07, 6.45) is 0.206. The number of hydrogen-bond donors (Lipinski definition) is 1. The number of hydrogen-bond acceptors (Lipinski definition) is 3. The van der Waals surface area contributed by atoms with E-state index >= 15 is 0 Å². The molecule has 0 aliphatic heterocycles. The van der Waals surface area contributed by atoms with Crippen LogP contribution in [-0.2, 0) is 16.0 Å².